The molecule has 0 spiro atoms. The maximum absolute atomic E-state index is 12.1. The SMILES string of the molecule is COC(=O)c1cncc(OS(=O)(=O)F)c1. The summed E-state index contributed by atoms with van der Waals surface area (Å²) in [7, 11) is -3.98. The van der Waals surface area contributed by atoms with Crippen molar-refractivity contribution < 1.29 is 26.0 Å². The molecule has 0 aromatic carbocycles. The van der Waals surface area contributed by atoms with Gasteiger partial charge in [-0.1, -0.05) is 3.89 Å². The number of rotatable bonds is 3. The Hall–Kier alpha value is -1.70. The van der Waals surface area contributed by atoms with E-state index >= 15 is 0 Å². The smallest absolute Gasteiger partial charge is 0.465 e. The molecule has 6 nitrogen and oxygen atoms in total. The van der Waals surface area contributed by atoms with Crippen molar-refractivity contribution in [3.05, 3.63) is 24.0 Å². The summed E-state index contributed by atoms with van der Waals surface area (Å²) in [5.41, 5.74) is -0.0429. The fraction of sp³-hybridized carbons (Fsp3) is 0.143. The molecule has 1 heterocycles. The van der Waals surface area contributed by atoms with Gasteiger partial charge in [-0.25, -0.2) is 4.79 Å². The van der Waals surface area contributed by atoms with E-state index < -0.39 is 22.2 Å². The van der Waals surface area contributed by atoms with Gasteiger partial charge in [0, 0.05) is 6.20 Å². The molecule has 1 rings (SSSR count). The topological polar surface area (TPSA) is 82.6 Å². The molecular weight excluding hydrogens is 229 g/mol. The largest absolute Gasteiger partial charge is 0.488 e. The van der Waals surface area contributed by atoms with Gasteiger partial charge in [0.05, 0.1) is 18.9 Å². The van der Waals surface area contributed by atoms with E-state index in [9.17, 15) is 17.1 Å². The van der Waals surface area contributed by atoms with Gasteiger partial charge >= 0.3 is 16.5 Å². The third-order valence-electron chi connectivity index (χ3n) is 1.33. The van der Waals surface area contributed by atoms with Gasteiger partial charge < -0.3 is 8.92 Å². The Labute approximate surface area is 85.1 Å². The fourth-order valence-electron chi connectivity index (χ4n) is 0.809. The highest BCUT2D eigenvalue weighted by Crippen LogP contribution is 2.14. The standard InChI is InChI=1S/C7H6FNO5S/c1-13-7(10)5-2-6(4-9-3-5)14-15(8,11)12/h2-4H,1H3. The van der Waals surface area contributed by atoms with Crippen LogP contribution < -0.4 is 4.18 Å². The lowest BCUT2D eigenvalue weighted by molar-refractivity contribution is 0.0600. The normalized spacial score (nSPS) is 10.8. The minimum atomic E-state index is -5.12. The molecule has 0 aliphatic rings. The number of carbonyl (C=O) groups excluding carboxylic acids is 1. The zero-order chi connectivity index (χ0) is 11.5. The van der Waals surface area contributed by atoms with E-state index in [4.69, 9.17) is 0 Å². The zero-order valence-corrected chi connectivity index (χ0v) is 8.32. The van der Waals surface area contributed by atoms with E-state index in [0.717, 1.165) is 25.6 Å². The third-order valence-corrected chi connectivity index (χ3v) is 1.72. The first-order valence-electron chi connectivity index (χ1n) is 3.60. The van der Waals surface area contributed by atoms with Crippen LogP contribution in [0.3, 0.4) is 0 Å². The molecule has 0 atom stereocenters. The molecule has 0 radical (unpaired) electrons. The van der Waals surface area contributed by atoms with Crippen LogP contribution in [0.1, 0.15) is 10.4 Å². The highest BCUT2D eigenvalue weighted by molar-refractivity contribution is 7.81. The van der Waals surface area contributed by atoms with Gasteiger partial charge in [-0.15, -0.1) is 0 Å². The second kappa shape index (κ2) is 4.22. The van der Waals surface area contributed by atoms with Crippen LogP contribution in [0.4, 0.5) is 3.89 Å². The Kier molecular flexibility index (Phi) is 3.20. The molecule has 15 heavy (non-hydrogen) atoms. The molecule has 0 saturated carbocycles. The average Bonchev–Trinajstić information content (AvgIpc) is 2.14. The monoisotopic (exact) mass is 235 g/mol. The average molecular weight is 235 g/mol. The van der Waals surface area contributed by atoms with E-state index in [1.807, 2.05) is 0 Å². The summed E-state index contributed by atoms with van der Waals surface area (Å²) in [6.07, 6.45) is 2.08. The van der Waals surface area contributed by atoms with Crippen LogP contribution in [0.2, 0.25) is 0 Å². The van der Waals surface area contributed by atoms with Crippen LogP contribution >= 0.6 is 0 Å². The summed E-state index contributed by atoms with van der Waals surface area (Å²) < 4.78 is 40.5. The minimum absolute atomic E-state index is 0.0429. The number of hydrogen-bond acceptors (Lipinski definition) is 6. The first kappa shape index (κ1) is 11.4. The number of carbonyl (C=O) groups is 1. The molecule has 82 valence electrons. The predicted molar refractivity (Wildman–Crippen MR) is 46.2 cm³/mol. The lowest BCUT2D eigenvalue weighted by Crippen LogP contribution is -2.05. The first-order valence-corrected chi connectivity index (χ1v) is 4.90. The Balaban J connectivity index is 2.98. The number of aromatic nitrogens is 1. The summed E-state index contributed by atoms with van der Waals surface area (Å²) in [5, 5.41) is 0. The molecule has 8 heteroatoms. The number of halogens is 1. The van der Waals surface area contributed by atoms with Gasteiger partial charge in [-0.3, -0.25) is 4.98 Å². The summed E-state index contributed by atoms with van der Waals surface area (Å²) in [5.74, 6) is -1.13. The van der Waals surface area contributed by atoms with Crippen molar-refractivity contribution in [2.45, 2.75) is 0 Å². The van der Waals surface area contributed by atoms with E-state index in [1.54, 1.807) is 0 Å². The van der Waals surface area contributed by atoms with Crippen molar-refractivity contribution in [3.63, 3.8) is 0 Å². The number of methoxy groups -OCH3 is 1. The Morgan fingerprint density at radius 2 is 2.13 bits per heavy atom. The molecule has 0 bridgehead atoms. The van der Waals surface area contributed by atoms with Gasteiger partial charge in [-0.05, 0) is 6.07 Å². The van der Waals surface area contributed by atoms with Crippen molar-refractivity contribution in [2.24, 2.45) is 0 Å². The molecule has 0 amide bonds. The number of ether oxygens (including phenoxy) is 1. The second-order valence-corrected chi connectivity index (χ2v) is 3.33. The van der Waals surface area contributed by atoms with Gasteiger partial charge in [0.2, 0.25) is 0 Å². The number of hydrogen-bond donors (Lipinski definition) is 0. The fourth-order valence-corrected chi connectivity index (χ4v) is 1.13. The summed E-state index contributed by atoms with van der Waals surface area (Å²) in [6.45, 7) is 0. The lowest BCUT2D eigenvalue weighted by Gasteiger charge is -2.01. The van der Waals surface area contributed by atoms with Crippen LogP contribution in [0.15, 0.2) is 18.5 Å². The molecule has 0 aliphatic carbocycles. The van der Waals surface area contributed by atoms with Crippen LogP contribution in [-0.2, 0) is 15.2 Å². The molecule has 0 fully saturated rings. The van der Waals surface area contributed by atoms with Gasteiger partial charge in [-0.2, -0.15) is 8.42 Å². The Morgan fingerprint density at radius 1 is 1.47 bits per heavy atom. The first-order chi connectivity index (χ1) is 6.92. The van der Waals surface area contributed by atoms with Crippen molar-refractivity contribution in [3.8, 4) is 5.75 Å². The summed E-state index contributed by atoms with van der Waals surface area (Å²) >= 11 is 0. The van der Waals surface area contributed by atoms with E-state index in [2.05, 4.69) is 13.9 Å². The van der Waals surface area contributed by atoms with Gasteiger partial charge in [0.25, 0.3) is 0 Å². The summed E-state index contributed by atoms with van der Waals surface area (Å²) in [4.78, 5) is 14.5. The highest BCUT2D eigenvalue weighted by Gasteiger charge is 2.12. The van der Waals surface area contributed by atoms with Gasteiger partial charge in [0.15, 0.2) is 5.75 Å². The molecule has 0 N–H and O–H groups in total. The number of esters is 1. The van der Waals surface area contributed by atoms with E-state index in [0.29, 0.717) is 0 Å². The van der Waals surface area contributed by atoms with Crippen LogP contribution in [0, 0.1) is 0 Å². The molecule has 1 aromatic heterocycles. The van der Waals surface area contributed by atoms with Crippen molar-refractivity contribution in [1.82, 2.24) is 4.98 Å². The van der Waals surface area contributed by atoms with Crippen LogP contribution in [0.5, 0.6) is 5.75 Å². The molecule has 0 unspecified atom stereocenters. The zero-order valence-electron chi connectivity index (χ0n) is 7.51. The molecular formula is C7H6FNO5S. The highest BCUT2D eigenvalue weighted by atomic mass is 32.3. The number of pyridine rings is 1. The van der Waals surface area contributed by atoms with E-state index in [-0.39, 0.29) is 5.56 Å². The van der Waals surface area contributed by atoms with Crippen molar-refractivity contribution in [1.29, 1.82) is 0 Å². The summed E-state index contributed by atoms with van der Waals surface area (Å²) in [6, 6.07) is 0.996. The Morgan fingerprint density at radius 3 is 2.67 bits per heavy atom. The van der Waals surface area contributed by atoms with Crippen molar-refractivity contribution in [2.75, 3.05) is 7.11 Å². The molecule has 1 aromatic rings. The predicted octanol–water partition coefficient (Wildman–Crippen LogP) is 0.461. The lowest BCUT2D eigenvalue weighted by atomic mass is 10.3. The van der Waals surface area contributed by atoms with Gasteiger partial charge in [0.1, 0.15) is 0 Å². The van der Waals surface area contributed by atoms with Crippen LogP contribution in [0.25, 0.3) is 0 Å². The van der Waals surface area contributed by atoms with E-state index in [1.165, 1.54) is 0 Å². The Bertz CT molecular complexity index is 472. The maximum atomic E-state index is 12.1. The maximum Gasteiger partial charge on any atom is 0.488 e. The van der Waals surface area contributed by atoms with Crippen molar-refractivity contribution >= 4 is 16.5 Å². The minimum Gasteiger partial charge on any atom is -0.465 e. The second-order valence-electron chi connectivity index (χ2n) is 2.38. The van der Waals surface area contributed by atoms with Crippen LogP contribution in [-0.4, -0.2) is 26.5 Å². The molecule has 0 aliphatic heterocycles. The third kappa shape index (κ3) is 3.50. The quantitative estimate of drug-likeness (QED) is 0.559. The number of nitrogens with zero attached hydrogens (tertiary/aromatic N) is 1. The molecule has 0 saturated heterocycles.